The third-order valence-corrected chi connectivity index (χ3v) is 10.0. The Balaban J connectivity index is 1.57. The smallest absolute Gasteiger partial charge is 0.0852 e. The molecule has 0 saturated heterocycles. The molecule has 0 aliphatic rings. The number of pyridine rings is 1. The van der Waals surface area contributed by atoms with E-state index in [0.717, 1.165) is 17.6 Å². The number of rotatable bonds is 4. The van der Waals surface area contributed by atoms with E-state index in [-0.39, 0.29) is 5.41 Å². The second kappa shape index (κ2) is 9.32. The highest BCUT2D eigenvalue weighted by atomic mass is 32.1. The molecule has 0 saturated carbocycles. The first-order valence-corrected chi connectivity index (χ1v) is 15.2. The van der Waals surface area contributed by atoms with Crippen molar-refractivity contribution in [2.75, 3.05) is 0 Å². The molecule has 0 aliphatic carbocycles. The van der Waals surface area contributed by atoms with Crippen molar-refractivity contribution >= 4 is 53.7 Å². The fourth-order valence-corrected chi connectivity index (χ4v) is 8.06. The van der Waals surface area contributed by atoms with Crippen LogP contribution in [0.5, 0.6) is 0 Å². The number of aromatic nitrogens is 1. The Hall–Kier alpha value is -3.01. The Bertz CT molecular complexity index is 1820. The predicted octanol–water partition coefficient (Wildman–Crippen LogP) is 11.1. The molecule has 6 rings (SSSR count). The summed E-state index contributed by atoms with van der Waals surface area (Å²) in [7, 11) is 0. The SMILES string of the molecule is Cc1c(CC(C)C)sc2cc(-c3cc(-c4cc(C(C)(C)C)c5ccccc5c4)nc4c(C)csc34)ccc12. The largest absolute Gasteiger partial charge is 0.247 e. The van der Waals surface area contributed by atoms with Gasteiger partial charge in [0.1, 0.15) is 0 Å². The molecule has 3 heteroatoms. The van der Waals surface area contributed by atoms with Gasteiger partial charge in [-0.05, 0) is 99.7 Å². The van der Waals surface area contributed by atoms with Crippen LogP contribution in [-0.4, -0.2) is 4.98 Å². The van der Waals surface area contributed by atoms with Gasteiger partial charge in [0, 0.05) is 20.7 Å². The molecule has 0 aliphatic heterocycles. The lowest BCUT2D eigenvalue weighted by Crippen LogP contribution is -2.12. The van der Waals surface area contributed by atoms with Crippen LogP contribution in [0.1, 0.15) is 56.2 Å². The maximum absolute atomic E-state index is 5.25. The van der Waals surface area contributed by atoms with Crippen LogP contribution in [-0.2, 0) is 11.8 Å². The zero-order valence-corrected chi connectivity index (χ0v) is 25.0. The quantitative estimate of drug-likeness (QED) is 0.220. The van der Waals surface area contributed by atoms with Gasteiger partial charge in [-0.25, -0.2) is 4.98 Å². The van der Waals surface area contributed by atoms with Gasteiger partial charge in [0.15, 0.2) is 0 Å². The zero-order valence-electron chi connectivity index (χ0n) is 23.4. The molecular weight excluding hydrogens is 499 g/mol. The van der Waals surface area contributed by atoms with Crippen LogP contribution in [0, 0.1) is 19.8 Å². The highest BCUT2D eigenvalue weighted by Crippen LogP contribution is 2.41. The molecule has 38 heavy (non-hydrogen) atoms. The van der Waals surface area contributed by atoms with E-state index in [1.807, 2.05) is 22.7 Å². The minimum absolute atomic E-state index is 0.0383. The fraction of sp³-hybridized carbons (Fsp3) is 0.286. The van der Waals surface area contributed by atoms with E-state index in [4.69, 9.17) is 4.98 Å². The summed E-state index contributed by atoms with van der Waals surface area (Å²) < 4.78 is 2.66. The summed E-state index contributed by atoms with van der Waals surface area (Å²) in [4.78, 5) is 6.77. The molecule has 0 atom stereocenters. The summed E-state index contributed by atoms with van der Waals surface area (Å²) in [5, 5.41) is 6.24. The van der Waals surface area contributed by atoms with Gasteiger partial charge in [0.05, 0.1) is 15.9 Å². The first kappa shape index (κ1) is 25.3. The number of thiophene rings is 2. The first-order valence-electron chi connectivity index (χ1n) is 13.5. The molecule has 0 fully saturated rings. The average Bonchev–Trinajstić information content (AvgIpc) is 3.40. The molecule has 0 N–H and O–H groups in total. The molecular formula is C35H35NS2. The van der Waals surface area contributed by atoms with Crippen LogP contribution in [0.3, 0.4) is 0 Å². The lowest BCUT2D eigenvalue weighted by Gasteiger charge is -2.23. The lowest BCUT2D eigenvalue weighted by molar-refractivity contribution is 0.596. The molecule has 6 aromatic rings. The van der Waals surface area contributed by atoms with Crippen LogP contribution in [0.4, 0.5) is 0 Å². The topological polar surface area (TPSA) is 12.9 Å². The number of benzene rings is 3. The molecule has 0 spiro atoms. The number of hydrogen-bond donors (Lipinski definition) is 0. The van der Waals surface area contributed by atoms with E-state index < -0.39 is 0 Å². The molecule has 0 unspecified atom stereocenters. The third-order valence-electron chi connectivity index (χ3n) is 7.61. The van der Waals surface area contributed by atoms with Gasteiger partial charge in [-0.3, -0.25) is 0 Å². The summed E-state index contributed by atoms with van der Waals surface area (Å²) in [6.45, 7) is 16.0. The monoisotopic (exact) mass is 533 g/mol. The normalized spacial score (nSPS) is 12.4. The van der Waals surface area contributed by atoms with Crippen molar-refractivity contribution in [2.45, 2.75) is 60.3 Å². The second-order valence-corrected chi connectivity index (χ2v) is 14.1. The number of nitrogens with zero attached hydrogens (tertiary/aromatic N) is 1. The van der Waals surface area contributed by atoms with Crippen molar-refractivity contribution < 1.29 is 0 Å². The highest BCUT2D eigenvalue weighted by Gasteiger charge is 2.20. The van der Waals surface area contributed by atoms with Crippen LogP contribution in [0.2, 0.25) is 0 Å². The van der Waals surface area contributed by atoms with E-state index in [0.29, 0.717) is 5.92 Å². The minimum atomic E-state index is 0.0383. The standard InChI is InChI=1S/C35H35NS2/c1-20(2)14-31-22(4)26-13-12-24(17-32(26)38-31)28-18-30(36-33-21(3)19-37-34(28)33)25-15-23-10-8-9-11-27(23)29(16-25)35(5,6)7/h8-13,15-20H,14H2,1-7H3. The Morgan fingerprint density at radius 1 is 0.868 bits per heavy atom. The minimum Gasteiger partial charge on any atom is -0.247 e. The first-order chi connectivity index (χ1) is 18.1. The van der Waals surface area contributed by atoms with Crippen LogP contribution in [0.15, 0.2) is 66.0 Å². The molecule has 0 radical (unpaired) electrons. The molecule has 1 nitrogen and oxygen atoms in total. The predicted molar refractivity (Wildman–Crippen MR) is 170 cm³/mol. The van der Waals surface area contributed by atoms with Gasteiger partial charge in [0.25, 0.3) is 0 Å². The van der Waals surface area contributed by atoms with E-state index in [2.05, 4.69) is 115 Å². The summed E-state index contributed by atoms with van der Waals surface area (Å²) in [6, 6.07) is 22.8. The Kier molecular flexibility index (Phi) is 6.20. The third kappa shape index (κ3) is 4.36. The molecule has 0 amide bonds. The van der Waals surface area contributed by atoms with Gasteiger partial charge in [0.2, 0.25) is 0 Å². The maximum Gasteiger partial charge on any atom is 0.0852 e. The van der Waals surface area contributed by atoms with Crippen LogP contribution in [0.25, 0.3) is 53.5 Å². The Morgan fingerprint density at radius 3 is 2.42 bits per heavy atom. The van der Waals surface area contributed by atoms with Crippen molar-refractivity contribution in [1.82, 2.24) is 4.98 Å². The molecule has 3 heterocycles. The van der Waals surface area contributed by atoms with Crippen molar-refractivity contribution in [1.29, 1.82) is 0 Å². The van der Waals surface area contributed by atoms with Gasteiger partial charge in [-0.2, -0.15) is 0 Å². The maximum atomic E-state index is 5.25. The average molecular weight is 534 g/mol. The fourth-order valence-electron chi connectivity index (χ4n) is 5.57. The van der Waals surface area contributed by atoms with Crippen molar-refractivity contribution in [2.24, 2.45) is 5.92 Å². The Morgan fingerprint density at radius 2 is 1.66 bits per heavy atom. The summed E-state index contributed by atoms with van der Waals surface area (Å²) >= 11 is 3.78. The van der Waals surface area contributed by atoms with E-state index in [1.165, 1.54) is 63.8 Å². The number of aryl methyl sites for hydroxylation is 2. The highest BCUT2D eigenvalue weighted by molar-refractivity contribution is 7.19. The van der Waals surface area contributed by atoms with Crippen molar-refractivity contribution in [3.8, 4) is 22.4 Å². The van der Waals surface area contributed by atoms with Crippen molar-refractivity contribution in [3.63, 3.8) is 0 Å². The van der Waals surface area contributed by atoms with Gasteiger partial charge in [-0.1, -0.05) is 71.0 Å². The summed E-state index contributed by atoms with van der Waals surface area (Å²) in [5.41, 5.74) is 10.0. The Labute approximate surface area is 234 Å². The summed E-state index contributed by atoms with van der Waals surface area (Å²) in [6.07, 6.45) is 1.15. The number of hydrogen-bond acceptors (Lipinski definition) is 3. The van der Waals surface area contributed by atoms with E-state index in [9.17, 15) is 0 Å². The van der Waals surface area contributed by atoms with Gasteiger partial charge < -0.3 is 0 Å². The molecule has 3 aromatic carbocycles. The van der Waals surface area contributed by atoms with Crippen molar-refractivity contribution in [3.05, 3.63) is 87.6 Å². The van der Waals surface area contributed by atoms with E-state index in [1.54, 1.807) is 0 Å². The van der Waals surface area contributed by atoms with Gasteiger partial charge in [-0.15, -0.1) is 22.7 Å². The second-order valence-electron chi connectivity index (χ2n) is 12.1. The molecule has 0 bridgehead atoms. The number of fused-ring (bicyclic) bond motifs is 3. The summed E-state index contributed by atoms with van der Waals surface area (Å²) in [5.74, 6) is 0.664. The lowest BCUT2D eigenvalue weighted by atomic mass is 9.82. The zero-order chi connectivity index (χ0) is 26.8. The van der Waals surface area contributed by atoms with E-state index >= 15 is 0 Å². The van der Waals surface area contributed by atoms with Crippen LogP contribution < -0.4 is 0 Å². The van der Waals surface area contributed by atoms with Crippen LogP contribution >= 0.6 is 22.7 Å². The molecule has 3 aromatic heterocycles. The van der Waals surface area contributed by atoms with Gasteiger partial charge >= 0.3 is 0 Å². The molecule has 192 valence electrons.